The Hall–Kier alpha value is -10.5. The third-order valence-electron chi connectivity index (χ3n) is 16.3. The Kier molecular flexibility index (Phi) is 13.5. The van der Waals surface area contributed by atoms with Crippen LogP contribution in [0.15, 0.2) is 334 Å². The predicted molar refractivity (Wildman–Crippen MR) is 349 cm³/mol. The summed E-state index contributed by atoms with van der Waals surface area (Å²) >= 11 is 0. The highest BCUT2D eigenvalue weighted by Gasteiger charge is 2.20. The Balaban J connectivity index is 0.779. The van der Waals surface area contributed by atoms with Crippen LogP contribution in [0.2, 0.25) is 0 Å². The summed E-state index contributed by atoms with van der Waals surface area (Å²) in [5.41, 5.74) is 22.4. The number of nitrogens with zero attached hydrogens (tertiary/aromatic N) is 2. The van der Waals surface area contributed by atoms with Crippen LogP contribution < -0.4 is 9.80 Å². The van der Waals surface area contributed by atoms with E-state index in [0.29, 0.717) is 5.92 Å². The Labute approximate surface area is 481 Å². The van der Waals surface area contributed by atoms with Gasteiger partial charge in [0.15, 0.2) is 0 Å². The highest BCUT2D eigenvalue weighted by Crippen LogP contribution is 2.42. The number of hydrogen-bond donors (Lipinski definition) is 0. The largest absolute Gasteiger partial charge is 0.311 e. The fourth-order valence-corrected chi connectivity index (χ4v) is 12.0. The van der Waals surface area contributed by atoms with Crippen LogP contribution in [0, 0.1) is 0 Å². The van der Waals surface area contributed by atoms with Crippen LogP contribution >= 0.6 is 0 Å². The van der Waals surface area contributed by atoms with Gasteiger partial charge in [0.1, 0.15) is 0 Å². The van der Waals surface area contributed by atoms with Gasteiger partial charge in [-0.25, -0.2) is 0 Å². The molecule has 0 aliphatic heterocycles. The van der Waals surface area contributed by atoms with Crippen LogP contribution in [-0.4, -0.2) is 0 Å². The molecular formula is C80H58N2. The second-order valence-electron chi connectivity index (χ2n) is 21.3. The molecule has 0 fully saturated rings. The normalized spacial score (nSPS) is 13.0. The maximum absolute atomic E-state index is 2.38. The van der Waals surface area contributed by atoms with E-state index < -0.39 is 0 Å². The molecule has 13 aromatic carbocycles. The summed E-state index contributed by atoms with van der Waals surface area (Å²) in [6.07, 6.45) is 7.79. The van der Waals surface area contributed by atoms with Crippen LogP contribution in [0.5, 0.6) is 0 Å². The lowest BCUT2D eigenvalue weighted by atomic mass is 9.85. The minimum atomic E-state index is 0.302. The fraction of sp³-hybridized carbons (Fsp3) is 0.0250. The van der Waals surface area contributed by atoms with Gasteiger partial charge in [0.05, 0.1) is 0 Å². The Morgan fingerprint density at radius 3 is 1.04 bits per heavy atom. The SMILES string of the molecule is C1=CC(c2ccc(N(c3ccc(-c4ccc(N(c5ccc(-c6cccc(-c7ccccc7)c6)cc5)c5ccc(-c6cccc7ccccc67)cc5)cc4)cc3)c3ccc(-c4cccc5ccccc45)cc3)cc2)CC(c2ccccc2)=C1. The molecule has 0 amide bonds. The summed E-state index contributed by atoms with van der Waals surface area (Å²) in [5, 5.41) is 4.99. The summed E-state index contributed by atoms with van der Waals surface area (Å²) < 4.78 is 0. The first-order valence-corrected chi connectivity index (χ1v) is 28.4. The van der Waals surface area contributed by atoms with Gasteiger partial charge in [-0.15, -0.1) is 0 Å². The highest BCUT2D eigenvalue weighted by atomic mass is 15.1. The average Bonchev–Trinajstić information content (AvgIpc) is 3.71. The van der Waals surface area contributed by atoms with Gasteiger partial charge in [0.2, 0.25) is 0 Å². The third-order valence-corrected chi connectivity index (χ3v) is 16.3. The van der Waals surface area contributed by atoms with Gasteiger partial charge in [-0.1, -0.05) is 255 Å². The molecule has 0 spiro atoms. The van der Waals surface area contributed by atoms with E-state index in [1.165, 1.54) is 82.8 Å². The van der Waals surface area contributed by atoms with Crippen molar-refractivity contribution in [3.05, 3.63) is 345 Å². The van der Waals surface area contributed by atoms with E-state index in [0.717, 1.165) is 51.7 Å². The van der Waals surface area contributed by atoms with Gasteiger partial charge < -0.3 is 9.80 Å². The van der Waals surface area contributed by atoms with E-state index in [-0.39, 0.29) is 0 Å². The third kappa shape index (κ3) is 10.1. The molecular weight excluding hydrogens is 989 g/mol. The van der Waals surface area contributed by atoms with Crippen molar-refractivity contribution in [2.24, 2.45) is 0 Å². The lowest BCUT2D eigenvalue weighted by Crippen LogP contribution is -2.10. The molecule has 1 aliphatic carbocycles. The maximum Gasteiger partial charge on any atom is 0.0462 e. The lowest BCUT2D eigenvalue weighted by Gasteiger charge is -2.27. The van der Waals surface area contributed by atoms with Crippen molar-refractivity contribution in [3.8, 4) is 55.6 Å². The van der Waals surface area contributed by atoms with E-state index in [4.69, 9.17) is 0 Å². The van der Waals surface area contributed by atoms with Crippen molar-refractivity contribution in [2.75, 3.05) is 9.80 Å². The van der Waals surface area contributed by atoms with E-state index in [2.05, 4.69) is 343 Å². The average molecular weight is 1050 g/mol. The Morgan fingerprint density at radius 2 is 0.585 bits per heavy atom. The molecule has 1 aliphatic rings. The first-order chi connectivity index (χ1) is 40.6. The summed E-state index contributed by atoms with van der Waals surface area (Å²) in [4.78, 5) is 4.74. The molecule has 82 heavy (non-hydrogen) atoms. The zero-order valence-corrected chi connectivity index (χ0v) is 45.4. The van der Waals surface area contributed by atoms with Crippen molar-refractivity contribution in [2.45, 2.75) is 12.3 Å². The number of anilines is 6. The standard InChI is InChI=1S/C80H58N2/c1-3-15-57(16-4-1)67-23-11-25-69(55-67)61-35-47-73(48-36-61)81(75-51-39-65(40-52-75)79-29-13-21-63-19-7-9-27-77(63)79)71-43-31-59(32-44-71)60-33-45-72(46-34-60)82(76-53-41-66(42-54-76)80-30-14-22-64-20-8-10-28-78(64)80)74-49-37-62(38-50-74)70-26-12-24-68(56-70)58-17-5-2-6-18-58/h1-55,70H,56H2. The molecule has 0 N–H and O–H groups in total. The molecule has 1 atom stereocenters. The van der Waals surface area contributed by atoms with E-state index in [9.17, 15) is 0 Å². The number of hydrogen-bond acceptors (Lipinski definition) is 2. The highest BCUT2D eigenvalue weighted by molar-refractivity contribution is 5.98. The van der Waals surface area contributed by atoms with Crippen LogP contribution in [0.1, 0.15) is 23.5 Å². The molecule has 1 unspecified atom stereocenters. The van der Waals surface area contributed by atoms with Crippen molar-refractivity contribution in [1.29, 1.82) is 0 Å². The van der Waals surface area contributed by atoms with Gasteiger partial charge in [-0.2, -0.15) is 0 Å². The van der Waals surface area contributed by atoms with Crippen LogP contribution in [-0.2, 0) is 0 Å². The smallest absolute Gasteiger partial charge is 0.0462 e. The first-order valence-electron chi connectivity index (χ1n) is 28.4. The van der Waals surface area contributed by atoms with Crippen molar-refractivity contribution in [3.63, 3.8) is 0 Å². The summed E-state index contributed by atoms with van der Waals surface area (Å²) in [6.45, 7) is 0. The molecule has 0 saturated heterocycles. The van der Waals surface area contributed by atoms with E-state index in [1.54, 1.807) is 0 Å². The van der Waals surface area contributed by atoms with E-state index in [1.807, 2.05) is 0 Å². The Morgan fingerprint density at radius 1 is 0.256 bits per heavy atom. The maximum atomic E-state index is 2.38. The molecule has 388 valence electrons. The topological polar surface area (TPSA) is 6.48 Å². The van der Waals surface area contributed by atoms with Crippen molar-refractivity contribution < 1.29 is 0 Å². The van der Waals surface area contributed by atoms with Gasteiger partial charge >= 0.3 is 0 Å². The predicted octanol–water partition coefficient (Wildman–Crippen LogP) is 22.4. The zero-order valence-electron chi connectivity index (χ0n) is 45.4. The number of benzene rings is 13. The molecule has 0 saturated carbocycles. The molecule has 13 aromatic rings. The second-order valence-corrected chi connectivity index (χ2v) is 21.3. The van der Waals surface area contributed by atoms with Crippen LogP contribution in [0.3, 0.4) is 0 Å². The van der Waals surface area contributed by atoms with Gasteiger partial charge in [-0.3, -0.25) is 0 Å². The monoisotopic (exact) mass is 1050 g/mol. The molecule has 2 heteroatoms. The molecule has 2 nitrogen and oxygen atoms in total. The molecule has 14 rings (SSSR count). The lowest BCUT2D eigenvalue weighted by molar-refractivity contribution is 0.867. The minimum absolute atomic E-state index is 0.302. The van der Waals surface area contributed by atoms with Crippen molar-refractivity contribution >= 4 is 61.2 Å². The number of fused-ring (bicyclic) bond motifs is 2. The van der Waals surface area contributed by atoms with Gasteiger partial charge in [-0.05, 0) is 179 Å². The summed E-state index contributed by atoms with van der Waals surface area (Å²) in [5.74, 6) is 0.302. The molecule has 0 heterocycles. The fourth-order valence-electron chi connectivity index (χ4n) is 12.0. The number of allylic oxidation sites excluding steroid dienone is 4. The van der Waals surface area contributed by atoms with Gasteiger partial charge in [0.25, 0.3) is 0 Å². The van der Waals surface area contributed by atoms with E-state index >= 15 is 0 Å². The zero-order chi connectivity index (χ0) is 54.6. The summed E-state index contributed by atoms with van der Waals surface area (Å²) in [7, 11) is 0. The summed E-state index contributed by atoms with van der Waals surface area (Å²) in [6, 6.07) is 115. The minimum Gasteiger partial charge on any atom is -0.311 e. The van der Waals surface area contributed by atoms with Gasteiger partial charge in [0, 0.05) is 40.0 Å². The van der Waals surface area contributed by atoms with Crippen LogP contribution in [0.4, 0.5) is 34.1 Å². The molecule has 0 aromatic heterocycles. The molecule has 0 radical (unpaired) electrons. The second kappa shape index (κ2) is 22.3. The van der Waals surface area contributed by atoms with Crippen LogP contribution in [0.25, 0.3) is 82.8 Å². The molecule has 0 bridgehead atoms. The van der Waals surface area contributed by atoms with Crippen molar-refractivity contribution in [1.82, 2.24) is 0 Å². The first kappa shape index (κ1) is 49.7. The Bertz CT molecular complexity index is 4400. The quantitative estimate of drug-likeness (QED) is 0.114. The number of rotatable bonds is 13.